The SMILES string of the molecule is c1ccc(-c2c3ccccc3c(-c3c4ccccc4c(-c4c5ccccc5c(-c5ccccc5)c5ccccc45)c4cc5c(cc34)-c3cccc4c3c-5cc3ccccc34)c3ccccc23)cc1. The quantitative estimate of drug-likeness (QED) is 0.122. The molecule has 0 unspecified atom stereocenters. The normalized spacial score (nSPS) is 12.1. The van der Waals surface area contributed by atoms with E-state index in [-0.39, 0.29) is 0 Å². The topological polar surface area (TPSA) is 0 Å². The van der Waals surface area contributed by atoms with Gasteiger partial charge in [-0.05, 0) is 171 Å². The fourth-order valence-electron chi connectivity index (χ4n) is 12.4. The van der Waals surface area contributed by atoms with Crippen LogP contribution in [0.5, 0.6) is 0 Å². The summed E-state index contributed by atoms with van der Waals surface area (Å²) in [6.45, 7) is 0. The third-order valence-electron chi connectivity index (χ3n) is 15.1. The Labute approximate surface area is 393 Å². The Kier molecular flexibility index (Phi) is 7.88. The average Bonchev–Trinajstić information content (AvgIpc) is 3.71. The lowest BCUT2D eigenvalue weighted by Crippen LogP contribution is -1.97. The predicted molar refractivity (Wildman–Crippen MR) is 293 cm³/mol. The average molecular weight is 857 g/mol. The van der Waals surface area contributed by atoms with Crippen molar-refractivity contribution >= 4 is 86.2 Å². The zero-order chi connectivity index (χ0) is 44.5. The van der Waals surface area contributed by atoms with E-state index in [2.05, 4.69) is 243 Å². The summed E-state index contributed by atoms with van der Waals surface area (Å²) in [4.78, 5) is 0. The van der Waals surface area contributed by atoms with Crippen molar-refractivity contribution in [3.05, 3.63) is 243 Å². The molecule has 0 nitrogen and oxygen atoms in total. The van der Waals surface area contributed by atoms with Gasteiger partial charge in [-0.15, -0.1) is 0 Å². The Bertz CT molecular complexity index is 4350. The van der Waals surface area contributed by atoms with Crippen LogP contribution in [0.15, 0.2) is 243 Å². The van der Waals surface area contributed by atoms with Gasteiger partial charge < -0.3 is 0 Å². The first-order chi connectivity index (χ1) is 33.8. The third kappa shape index (κ3) is 5.15. The first-order valence-electron chi connectivity index (χ1n) is 23.8. The first-order valence-corrected chi connectivity index (χ1v) is 23.8. The monoisotopic (exact) mass is 856 g/mol. The molecule has 1 aliphatic rings. The second-order valence-corrected chi connectivity index (χ2v) is 18.5. The van der Waals surface area contributed by atoms with Crippen LogP contribution in [0.3, 0.4) is 0 Å². The summed E-state index contributed by atoms with van der Waals surface area (Å²) in [5, 5.41) is 20.3. The summed E-state index contributed by atoms with van der Waals surface area (Å²) in [6.07, 6.45) is 0. The highest BCUT2D eigenvalue weighted by Gasteiger charge is 2.29. The van der Waals surface area contributed by atoms with Crippen LogP contribution < -0.4 is 0 Å². The predicted octanol–water partition coefficient (Wildman–Crippen LogP) is 19.2. The molecular formula is C68H40. The van der Waals surface area contributed by atoms with Crippen molar-refractivity contribution in [1.29, 1.82) is 0 Å². The van der Waals surface area contributed by atoms with Gasteiger partial charge in [0.05, 0.1) is 0 Å². The van der Waals surface area contributed by atoms with Crippen molar-refractivity contribution < 1.29 is 0 Å². The molecule has 68 heavy (non-hydrogen) atoms. The van der Waals surface area contributed by atoms with Crippen molar-refractivity contribution in [3.63, 3.8) is 0 Å². The van der Waals surface area contributed by atoms with E-state index < -0.39 is 0 Å². The zero-order valence-corrected chi connectivity index (χ0v) is 37.1. The molecule has 0 aromatic heterocycles. The minimum atomic E-state index is 1.23. The summed E-state index contributed by atoms with van der Waals surface area (Å²) >= 11 is 0. The number of hydrogen-bond acceptors (Lipinski definition) is 0. The standard InChI is InChI=1S/C68H40/c1-3-20-41(21-4-1)62-46-26-9-13-30-50(46)65(51-31-14-10-27-47(51)62)67-54-34-17-18-35-55(54)68(66-52-32-15-11-28-48(52)63(42-22-5-2-6-23-42)49-29-12-16-33-53(49)66)61-40-58-57(39-60(61)67)56-37-19-36-45-44-25-8-7-24-43(44)38-59(58)64(45)56/h1-40H. The molecule has 0 heterocycles. The fourth-order valence-corrected chi connectivity index (χ4v) is 12.4. The molecule has 0 bridgehead atoms. The lowest BCUT2D eigenvalue weighted by molar-refractivity contribution is 1.66. The van der Waals surface area contributed by atoms with E-state index in [0.717, 1.165) is 0 Å². The molecule has 0 fully saturated rings. The maximum absolute atomic E-state index is 2.58. The van der Waals surface area contributed by atoms with Gasteiger partial charge in [0.15, 0.2) is 0 Å². The summed E-state index contributed by atoms with van der Waals surface area (Å²) in [7, 11) is 0. The summed E-state index contributed by atoms with van der Waals surface area (Å²) < 4.78 is 0. The number of fused-ring (bicyclic) bond motifs is 11. The second-order valence-electron chi connectivity index (χ2n) is 18.5. The molecule has 0 amide bonds. The van der Waals surface area contributed by atoms with Gasteiger partial charge in [0.25, 0.3) is 0 Å². The van der Waals surface area contributed by atoms with Gasteiger partial charge in [-0.1, -0.05) is 224 Å². The van der Waals surface area contributed by atoms with E-state index in [1.54, 1.807) is 0 Å². The van der Waals surface area contributed by atoms with Crippen LogP contribution in [0, 0.1) is 0 Å². The van der Waals surface area contributed by atoms with E-state index in [1.807, 2.05) is 0 Å². The van der Waals surface area contributed by atoms with Crippen LogP contribution in [0.1, 0.15) is 0 Å². The molecule has 14 aromatic rings. The van der Waals surface area contributed by atoms with Crippen LogP contribution in [-0.2, 0) is 0 Å². The van der Waals surface area contributed by atoms with Crippen molar-refractivity contribution in [2.75, 3.05) is 0 Å². The molecule has 14 aromatic carbocycles. The first kappa shape index (κ1) is 37.4. The highest BCUT2D eigenvalue weighted by molar-refractivity contribution is 6.35. The molecule has 0 aliphatic heterocycles. The van der Waals surface area contributed by atoms with Crippen LogP contribution in [0.25, 0.3) is 153 Å². The fraction of sp³-hybridized carbons (Fsp3) is 0. The van der Waals surface area contributed by atoms with Crippen molar-refractivity contribution in [2.24, 2.45) is 0 Å². The maximum atomic E-state index is 2.58. The van der Waals surface area contributed by atoms with E-state index >= 15 is 0 Å². The van der Waals surface area contributed by atoms with Crippen molar-refractivity contribution in [1.82, 2.24) is 0 Å². The molecular weight excluding hydrogens is 817 g/mol. The Hall–Kier alpha value is -8.84. The smallest absolute Gasteiger partial charge is 0.00137 e. The van der Waals surface area contributed by atoms with Gasteiger partial charge in [-0.25, -0.2) is 0 Å². The number of benzene rings is 14. The molecule has 1 aliphatic carbocycles. The van der Waals surface area contributed by atoms with Gasteiger partial charge in [-0.2, -0.15) is 0 Å². The maximum Gasteiger partial charge on any atom is -0.00137 e. The zero-order valence-electron chi connectivity index (χ0n) is 37.1. The van der Waals surface area contributed by atoms with Gasteiger partial charge in [0, 0.05) is 0 Å². The molecule has 0 saturated heterocycles. The Morgan fingerprint density at radius 3 is 0.882 bits per heavy atom. The highest BCUT2D eigenvalue weighted by Crippen LogP contribution is 2.57. The van der Waals surface area contributed by atoms with Crippen molar-refractivity contribution in [3.8, 4) is 66.8 Å². The number of hydrogen-bond donors (Lipinski definition) is 0. The Morgan fingerprint density at radius 1 is 0.162 bits per heavy atom. The molecule has 0 heteroatoms. The highest BCUT2D eigenvalue weighted by atomic mass is 14.3. The summed E-state index contributed by atoms with van der Waals surface area (Å²) in [6, 6.07) is 91.1. The van der Waals surface area contributed by atoms with E-state index in [0.29, 0.717) is 0 Å². The van der Waals surface area contributed by atoms with Crippen LogP contribution in [0.2, 0.25) is 0 Å². The third-order valence-corrected chi connectivity index (χ3v) is 15.1. The van der Waals surface area contributed by atoms with E-state index in [1.165, 1.54) is 153 Å². The van der Waals surface area contributed by atoms with Gasteiger partial charge in [0.1, 0.15) is 0 Å². The number of rotatable bonds is 4. The molecule has 0 N–H and O–H groups in total. The van der Waals surface area contributed by atoms with Crippen LogP contribution in [-0.4, -0.2) is 0 Å². The lowest BCUT2D eigenvalue weighted by Gasteiger charge is -2.24. The van der Waals surface area contributed by atoms with Gasteiger partial charge in [-0.3, -0.25) is 0 Å². The molecule has 15 rings (SSSR count). The molecule has 0 radical (unpaired) electrons. The summed E-state index contributed by atoms with van der Waals surface area (Å²) in [5.74, 6) is 0. The Balaban J connectivity index is 1.18. The minimum Gasteiger partial charge on any atom is -0.0622 e. The largest absolute Gasteiger partial charge is 0.0622 e. The van der Waals surface area contributed by atoms with Crippen LogP contribution >= 0.6 is 0 Å². The summed E-state index contributed by atoms with van der Waals surface area (Å²) in [5.41, 5.74) is 15.3. The van der Waals surface area contributed by atoms with E-state index in [4.69, 9.17) is 0 Å². The molecule has 0 saturated carbocycles. The molecule has 0 atom stereocenters. The lowest BCUT2D eigenvalue weighted by atomic mass is 9.78. The molecule has 0 spiro atoms. The van der Waals surface area contributed by atoms with Gasteiger partial charge in [0.2, 0.25) is 0 Å². The minimum absolute atomic E-state index is 1.23. The van der Waals surface area contributed by atoms with Gasteiger partial charge >= 0.3 is 0 Å². The second kappa shape index (κ2) is 14.3. The molecule has 312 valence electrons. The van der Waals surface area contributed by atoms with Crippen LogP contribution in [0.4, 0.5) is 0 Å². The Morgan fingerprint density at radius 2 is 0.471 bits per heavy atom. The van der Waals surface area contributed by atoms with Crippen molar-refractivity contribution in [2.45, 2.75) is 0 Å². The van der Waals surface area contributed by atoms with E-state index in [9.17, 15) is 0 Å².